The van der Waals surface area contributed by atoms with Gasteiger partial charge in [-0.2, -0.15) is 0 Å². The Kier molecular flexibility index (Phi) is 2.59. The molecule has 90 valence electrons. The van der Waals surface area contributed by atoms with Gasteiger partial charge >= 0.3 is 0 Å². The highest BCUT2D eigenvalue weighted by Gasteiger charge is 2.35. The van der Waals surface area contributed by atoms with Crippen LogP contribution in [-0.4, -0.2) is 17.3 Å². The molecule has 1 aliphatic heterocycles. The molecule has 0 saturated carbocycles. The summed E-state index contributed by atoms with van der Waals surface area (Å²) in [6.45, 7) is 2.62. The molecule has 0 amide bonds. The Morgan fingerprint density at radius 3 is 2.44 bits per heavy atom. The number of Topliss-reactive ketones (excluding diaryl/α,β-unsaturated/α-hetero) is 1. The van der Waals surface area contributed by atoms with Crippen molar-refractivity contribution in [3.63, 3.8) is 0 Å². The summed E-state index contributed by atoms with van der Waals surface area (Å²) < 4.78 is 0. The van der Waals surface area contributed by atoms with Gasteiger partial charge in [-0.25, -0.2) is 0 Å². The van der Waals surface area contributed by atoms with E-state index in [1.165, 1.54) is 11.3 Å². The number of aromatic nitrogens is 1. The van der Waals surface area contributed by atoms with Gasteiger partial charge in [-0.3, -0.25) is 9.78 Å². The maximum absolute atomic E-state index is 11.2. The van der Waals surface area contributed by atoms with Crippen molar-refractivity contribution in [3.05, 3.63) is 59.9 Å². The molecule has 3 nitrogen and oxygen atoms in total. The zero-order chi connectivity index (χ0) is 12.5. The summed E-state index contributed by atoms with van der Waals surface area (Å²) in [4.78, 5) is 17.5. The Morgan fingerprint density at radius 2 is 1.83 bits per heavy atom. The predicted molar refractivity (Wildman–Crippen MR) is 70.8 cm³/mol. The lowest BCUT2D eigenvalue weighted by atomic mass is 10.1. The fraction of sp³-hybridized carbons (Fsp3) is 0.200. The topological polar surface area (TPSA) is 33.0 Å². The van der Waals surface area contributed by atoms with E-state index in [4.69, 9.17) is 0 Å². The predicted octanol–water partition coefficient (Wildman–Crippen LogP) is 2.85. The standard InChI is InChI=1S/C15H14N2O/c1-11(18)12-2-4-14(5-3-12)17-10-15(17)13-6-8-16-9-7-13/h2-9,15H,10H2,1H3/t15-,17?/m0/s1. The molecule has 3 heteroatoms. The van der Waals surface area contributed by atoms with Crippen LogP contribution in [0.3, 0.4) is 0 Å². The lowest BCUT2D eigenvalue weighted by Gasteiger charge is -2.06. The van der Waals surface area contributed by atoms with Gasteiger partial charge in [0.25, 0.3) is 0 Å². The number of anilines is 1. The highest BCUT2D eigenvalue weighted by molar-refractivity contribution is 5.94. The minimum absolute atomic E-state index is 0.109. The van der Waals surface area contributed by atoms with Crippen LogP contribution in [0.4, 0.5) is 5.69 Å². The molecule has 0 aliphatic carbocycles. The summed E-state index contributed by atoms with van der Waals surface area (Å²) >= 11 is 0. The maximum Gasteiger partial charge on any atom is 0.159 e. The van der Waals surface area contributed by atoms with E-state index < -0.39 is 0 Å². The summed E-state index contributed by atoms with van der Waals surface area (Å²) in [6, 6.07) is 12.4. The molecule has 1 atom stereocenters. The number of pyridine rings is 1. The Hall–Kier alpha value is -2.16. The van der Waals surface area contributed by atoms with E-state index in [2.05, 4.69) is 22.0 Å². The number of hydrogen-bond donors (Lipinski definition) is 0. The van der Waals surface area contributed by atoms with Crippen LogP contribution in [0.5, 0.6) is 0 Å². The SMILES string of the molecule is CC(=O)c1ccc(N2C[C@H]2c2ccncc2)cc1. The molecule has 2 aromatic rings. The summed E-state index contributed by atoms with van der Waals surface area (Å²) in [5, 5.41) is 0. The molecular weight excluding hydrogens is 224 g/mol. The highest BCUT2D eigenvalue weighted by atomic mass is 16.1. The van der Waals surface area contributed by atoms with Gasteiger partial charge in [0.05, 0.1) is 6.04 Å². The zero-order valence-electron chi connectivity index (χ0n) is 10.2. The largest absolute Gasteiger partial charge is 0.360 e. The van der Waals surface area contributed by atoms with E-state index in [9.17, 15) is 4.79 Å². The van der Waals surface area contributed by atoms with Crippen LogP contribution in [0.1, 0.15) is 28.9 Å². The summed E-state index contributed by atoms with van der Waals surface area (Å²) in [5.74, 6) is 0.109. The van der Waals surface area contributed by atoms with Crippen LogP contribution in [0.15, 0.2) is 48.8 Å². The van der Waals surface area contributed by atoms with Crippen molar-refractivity contribution >= 4 is 11.5 Å². The Bertz CT molecular complexity index is 563. The molecule has 2 heterocycles. The molecule has 0 N–H and O–H groups in total. The van der Waals surface area contributed by atoms with Crippen molar-refractivity contribution in [2.24, 2.45) is 0 Å². The molecular formula is C15H14N2O. The monoisotopic (exact) mass is 238 g/mol. The average Bonchev–Trinajstić information content (AvgIpc) is 3.20. The van der Waals surface area contributed by atoms with Crippen LogP contribution < -0.4 is 4.90 Å². The van der Waals surface area contributed by atoms with Gasteiger partial charge < -0.3 is 4.90 Å². The highest BCUT2D eigenvalue weighted by Crippen LogP contribution is 2.39. The quantitative estimate of drug-likeness (QED) is 0.609. The Morgan fingerprint density at radius 1 is 1.17 bits per heavy atom. The van der Waals surface area contributed by atoms with Crippen LogP contribution in [0.2, 0.25) is 0 Å². The minimum Gasteiger partial charge on any atom is -0.360 e. The van der Waals surface area contributed by atoms with Gasteiger partial charge in [0.1, 0.15) is 0 Å². The molecule has 0 unspecified atom stereocenters. The average molecular weight is 238 g/mol. The van der Waals surface area contributed by atoms with Crippen molar-refractivity contribution in [3.8, 4) is 0 Å². The van der Waals surface area contributed by atoms with Crippen molar-refractivity contribution < 1.29 is 4.79 Å². The third-order valence-electron chi connectivity index (χ3n) is 3.31. The van der Waals surface area contributed by atoms with Crippen LogP contribution in [0.25, 0.3) is 0 Å². The maximum atomic E-state index is 11.2. The molecule has 0 spiro atoms. The van der Waals surface area contributed by atoms with Gasteiger partial charge in [-0.15, -0.1) is 0 Å². The second-order valence-electron chi connectivity index (χ2n) is 4.55. The van der Waals surface area contributed by atoms with Crippen molar-refractivity contribution in [1.82, 2.24) is 4.98 Å². The lowest BCUT2D eigenvalue weighted by molar-refractivity contribution is 0.101. The molecule has 1 saturated heterocycles. The van der Waals surface area contributed by atoms with E-state index in [1.807, 2.05) is 36.7 Å². The van der Waals surface area contributed by atoms with Crippen LogP contribution in [0, 0.1) is 0 Å². The lowest BCUT2D eigenvalue weighted by Crippen LogP contribution is -1.96. The molecule has 3 rings (SSSR count). The third kappa shape index (κ3) is 1.99. The number of nitrogens with zero attached hydrogens (tertiary/aromatic N) is 2. The van der Waals surface area contributed by atoms with Gasteiger partial charge in [-0.05, 0) is 48.9 Å². The number of benzene rings is 1. The number of carbonyl (C=O) groups is 1. The van der Waals surface area contributed by atoms with Crippen LogP contribution in [-0.2, 0) is 0 Å². The van der Waals surface area contributed by atoms with E-state index >= 15 is 0 Å². The first kappa shape index (κ1) is 11.0. The van der Waals surface area contributed by atoms with E-state index in [0.717, 1.165) is 12.1 Å². The summed E-state index contributed by atoms with van der Waals surface area (Å²) in [5.41, 5.74) is 3.23. The first-order valence-electron chi connectivity index (χ1n) is 6.03. The first-order chi connectivity index (χ1) is 8.75. The smallest absolute Gasteiger partial charge is 0.159 e. The van der Waals surface area contributed by atoms with Crippen molar-refractivity contribution in [2.45, 2.75) is 13.0 Å². The second-order valence-corrected chi connectivity index (χ2v) is 4.55. The van der Waals surface area contributed by atoms with Crippen molar-refractivity contribution in [1.29, 1.82) is 0 Å². The number of rotatable bonds is 3. The third-order valence-corrected chi connectivity index (χ3v) is 3.31. The Labute approximate surface area is 106 Å². The number of carbonyl (C=O) groups excluding carboxylic acids is 1. The minimum atomic E-state index is 0.109. The summed E-state index contributed by atoms with van der Waals surface area (Å²) in [7, 11) is 0. The second kappa shape index (κ2) is 4.26. The fourth-order valence-corrected chi connectivity index (χ4v) is 2.18. The fourth-order valence-electron chi connectivity index (χ4n) is 2.18. The Balaban J connectivity index is 1.77. The van der Waals surface area contributed by atoms with Gasteiger partial charge in [0.15, 0.2) is 5.78 Å². The van der Waals surface area contributed by atoms with Gasteiger partial charge in [0, 0.05) is 30.2 Å². The van der Waals surface area contributed by atoms with Gasteiger partial charge in [0.2, 0.25) is 0 Å². The van der Waals surface area contributed by atoms with Gasteiger partial charge in [-0.1, -0.05) is 0 Å². The molecule has 0 radical (unpaired) electrons. The molecule has 0 bridgehead atoms. The normalized spacial score (nSPS) is 17.6. The molecule has 1 aromatic heterocycles. The first-order valence-corrected chi connectivity index (χ1v) is 6.03. The molecule has 1 fully saturated rings. The molecule has 18 heavy (non-hydrogen) atoms. The van der Waals surface area contributed by atoms with E-state index in [-0.39, 0.29) is 5.78 Å². The van der Waals surface area contributed by atoms with E-state index in [1.54, 1.807) is 6.92 Å². The zero-order valence-corrected chi connectivity index (χ0v) is 10.2. The number of ketones is 1. The van der Waals surface area contributed by atoms with Crippen LogP contribution >= 0.6 is 0 Å². The van der Waals surface area contributed by atoms with Crippen molar-refractivity contribution in [2.75, 3.05) is 11.4 Å². The summed E-state index contributed by atoms with van der Waals surface area (Å²) in [6.07, 6.45) is 3.65. The van der Waals surface area contributed by atoms with E-state index in [0.29, 0.717) is 6.04 Å². The molecule has 1 aromatic carbocycles. The molecule has 1 aliphatic rings. The number of hydrogen-bond acceptors (Lipinski definition) is 3.